The first-order chi connectivity index (χ1) is 14.6. The first-order valence-corrected chi connectivity index (χ1v) is 10.4. The fourth-order valence-electron chi connectivity index (χ4n) is 4.31. The lowest BCUT2D eigenvalue weighted by molar-refractivity contribution is -0.133. The number of carbonyl (C=O) groups excluding carboxylic acids is 2. The van der Waals surface area contributed by atoms with Gasteiger partial charge in [-0.05, 0) is 44.2 Å². The summed E-state index contributed by atoms with van der Waals surface area (Å²) in [4.78, 5) is 26.4. The maximum Gasteiger partial charge on any atom is 0.237 e. The van der Waals surface area contributed by atoms with Crippen LogP contribution < -0.4 is 10.6 Å². The highest BCUT2D eigenvalue weighted by Crippen LogP contribution is 2.29. The van der Waals surface area contributed by atoms with Crippen LogP contribution in [0.5, 0.6) is 0 Å². The van der Waals surface area contributed by atoms with Crippen LogP contribution in [-0.4, -0.2) is 54.0 Å². The quantitative estimate of drug-likeness (QED) is 0.663. The van der Waals surface area contributed by atoms with Gasteiger partial charge in [0, 0.05) is 36.4 Å². The van der Waals surface area contributed by atoms with Crippen LogP contribution in [0.4, 0.5) is 0 Å². The molecule has 1 aliphatic rings. The second-order valence-corrected chi connectivity index (χ2v) is 7.84. The summed E-state index contributed by atoms with van der Waals surface area (Å²) in [7, 11) is 1.89. The van der Waals surface area contributed by atoms with E-state index in [2.05, 4.69) is 58.5 Å². The molecule has 1 unspecified atom stereocenters. The van der Waals surface area contributed by atoms with Gasteiger partial charge in [-0.15, -0.1) is 0 Å². The van der Waals surface area contributed by atoms with Gasteiger partial charge in [-0.1, -0.05) is 36.4 Å². The van der Waals surface area contributed by atoms with E-state index < -0.39 is 0 Å². The molecule has 0 spiro atoms. The van der Waals surface area contributed by atoms with E-state index in [1.807, 2.05) is 30.1 Å². The summed E-state index contributed by atoms with van der Waals surface area (Å²) in [5.41, 5.74) is 4.72. The Bertz CT molecular complexity index is 1060. The Balaban J connectivity index is 1.48. The number of piperazine rings is 1. The number of amides is 2. The summed E-state index contributed by atoms with van der Waals surface area (Å²) in [5.74, 6) is -0.158. The second-order valence-electron chi connectivity index (χ2n) is 7.84. The minimum absolute atomic E-state index is 0.0688. The Morgan fingerprint density at radius 1 is 1.13 bits per heavy atom. The SMILES string of the molecule is Cc1c(CCNC(=O)CC2C(=O)NCCN2C)c2ccccc2n1-c1ccccc1. The fraction of sp³-hybridized carbons (Fsp3) is 0.333. The standard InChI is InChI=1S/C24H28N4O2/c1-17-19(12-13-25-23(29)16-22-24(30)26-14-15-27(22)2)20-10-6-7-11-21(20)28(17)18-8-4-3-5-9-18/h3-11,22H,12-16H2,1-2H3,(H,25,29)(H,26,30). The van der Waals surface area contributed by atoms with E-state index in [4.69, 9.17) is 0 Å². The van der Waals surface area contributed by atoms with Crippen LogP contribution in [0.25, 0.3) is 16.6 Å². The van der Waals surface area contributed by atoms with Gasteiger partial charge >= 0.3 is 0 Å². The molecule has 156 valence electrons. The molecule has 1 aliphatic heterocycles. The maximum atomic E-state index is 12.4. The van der Waals surface area contributed by atoms with Gasteiger partial charge in [0.1, 0.15) is 0 Å². The van der Waals surface area contributed by atoms with Crippen molar-refractivity contribution < 1.29 is 9.59 Å². The average Bonchev–Trinajstić information content (AvgIpc) is 3.03. The van der Waals surface area contributed by atoms with Crippen molar-refractivity contribution in [2.45, 2.75) is 25.8 Å². The summed E-state index contributed by atoms with van der Waals surface area (Å²) in [6, 6.07) is 18.3. The van der Waals surface area contributed by atoms with Crippen LogP contribution in [0.2, 0.25) is 0 Å². The minimum Gasteiger partial charge on any atom is -0.356 e. The highest BCUT2D eigenvalue weighted by Gasteiger charge is 2.28. The Hall–Kier alpha value is -3.12. The molecule has 0 bridgehead atoms. The van der Waals surface area contributed by atoms with Crippen molar-refractivity contribution in [3.05, 3.63) is 65.9 Å². The van der Waals surface area contributed by atoms with E-state index in [-0.39, 0.29) is 24.3 Å². The molecule has 2 amide bonds. The molecule has 6 nitrogen and oxygen atoms in total. The molecule has 1 fully saturated rings. The topological polar surface area (TPSA) is 66.4 Å². The molecule has 1 atom stereocenters. The normalized spacial score (nSPS) is 17.1. The Morgan fingerprint density at radius 2 is 1.87 bits per heavy atom. The molecule has 0 saturated carbocycles. The summed E-state index contributed by atoms with van der Waals surface area (Å²) >= 11 is 0. The number of carbonyl (C=O) groups is 2. The van der Waals surface area contributed by atoms with E-state index in [0.717, 1.165) is 18.7 Å². The van der Waals surface area contributed by atoms with E-state index in [9.17, 15) is 9.59 Å². The molecule has 1 saturated heterocycles. The van der Waals surface area contributed by atoms with Crippen molar-refractivity contribution in [1.82, 2.24) is 20.1 Å². The van der Waals surface area contributed by atoms with E-state index in [1.165, 1.54) is 22.2 Å². The zero-order valence-corrected chi connectivity index (χ0v) is 17.5. The van der Waals surface area contributed by atoms with Gasteiger partial charge in [-0.2, -0.15) is 0 Å². The number of rotatable bonds is 6. The zero-order chi connectivity index (χ0) is 21.1. The third-order valence-corrected chi connectivity index (χ3v) is 5.93. The summed E-state index contributed by atoms with van der Waals surface area (Å²) in [5, 5.41) is 7.05. The lowest BCUT2D eigenvalue weighted by atomic mass is 10.1. The van der Waals surface area contributed by atoms with Crippen molar-refractivity contribution in [2.24, 2.45) is 0 Å². The van der Waals surface area contributed by atoms with Crippen LogP contribution in [0, 0.1) is 6.92 Å². The number of hydrogen-bond acceptors (Lipinski definition) is 3. The molecule has 30 heavy (non-hydrogen) atoms. The summed E-state index contributed by atoms with van der Waals surface area (Å²) in [6.45, 7) is 4.08. The van der Waals surface area contributed by atoms with Gasteiger partial charge < -0.3 is 15.2 Å². The van der Waals surface area contributed by atoms with Gasteiger partial charge in [-0.3, -0.25) is 14.5 Å². The molecule has 2 heterocycles. The Morgan fingerprint density at radius 3 is 2.63 bits per heavy atom. The molecular formula is C24H28N4O2. The summed E-state index contributed by atoms with van der Waals surface area (Å²) in [6.07, 6.45) is 0.928. The van der Waals surface area contributed by atoms with Crippen LogP contribution in [0.15, 0.2) is 54.6 Å². The van der Waals surface area contributed by atoms with Crippen LogP contribution in [0.3, 0.4) is 0 Å². The van der Waals surface area contributed by atoms with E-state index in [1.54, 1.807) is 0 Å². The number of aromatic nitrogens is 1. The number of benzene rings is 2. The molecule has 0 aliphatic carbocycles. The van der Waals surface area contributed by atoms with Gasteiger partial charge in [0.15, 0.2) is 0 Å². The predicted molar refractivity (Wildman–Crippen MR) is 119 cm³/mol. The predicted octanol–water partition coefficient (Wildman–Crippen LogP) is 2.42. The third-order valence-electron chi connectivity index (χ3n) is 5.93. The Labute approximate surface area is 176 Å². The van der Waals surface area contributed by atoms with Crippen molar-refractivity contribution in [2.75, 3.05) is 26.7 Å². The van der Waals surface area contributed by atoms with E-state index >= 15 is 0 Å². The van der Waals surface area contributed by atoms with Crippen molar-refractivity contribution in [3.63, 3.8) is 0 Å². The maximum absolute atomic E-state index is 12.4. The van der Waals surface area contributed by atoms with Crippen LogP contribution >= 0.6 is 0 Å². The Kier molecular flexibility index (Phi) is 5.86. The molecule has 2 aromatic carbocycles. The average molecular weight is 405 g/mol. The van der Waals surface area contributed by atoms with Gasteiger partial charge in [0.2, 0.25) is 11.8 Å². The molecule has 0 radical (unpaired) electrons. The molecule has 1 aromatic heterocycles. The van der Waals surface area contributed by atoms with Crippen molar-refractivity contribution in [3.8, 4) is 5.69 Å². The molecular weight excluding hydrogens is 376 g/mol. The summed E-state index contributed by atoms with van der Waals surface area (Å²) < 4.78 is 2.27. The molecule has 6 heteroatoms. The molecule has 3 aromatic rings. The third kappa shape index (κ3) is 3.96. The zero-order valence-electron chi connectivity index (χ0n) is 17.5. The number of nitrogens with one attached hydrogen (secondary N) is 2. The highest BCUT2D eigenvalue weighted by molar-refractivity contribution is 5.89. The minimum atomic E-state index is -0.388. The van der Waals surface area contributed by atoms with Crippen molar-refractivity contribution in [1.29, 1.82) is 0 Å². The second kappa shape index (κ2) is 8.71. The van der Waals surface area contributed by atoms with Crippen LogP contribution in [-0.2, 0) is 16.0 Å². The molecule has 4 rings (SSSR count). The van der Waals surface area contributed by atoms with Gasteiger partial charge in [0.25, 0.3) is 0 Å². The lowest BCUT2D eigenvalue weighted by Gasteiger charge is -2.31. The molecule has 2 N–H and O–H groups in total. The fourth-order valence-corrected chi connectivity index (χ4v) is 4.31. The van der Waals surface area contributed by atoms with Gasteiger partial charge in [-0.25, -0.2) is 0 Å². The first kappa shape index (κ1) is 20.2. The number of likely N-dealkylation sites (N-methyl/N-ethyl adjacent to an activating group) is 1. The monoisotopic (exact) mass is 404 g/mol. The number of para-hydroxylation sites is 2. The van der Waals surface area contributed by atoms with Gasteiger partial charge in [0.05, 0.1) is 18.0 Å². The largest absolute Gasteiger partial charge is 0.356 e. The lowest BCUT2D eigenvalue weighted by Crippen LogP contribution is -2.55. The smallest absolute Gasteiger partial charge is 0.237 e. The number of fused-ring (bicyclic) bond motifs is 1. The number of hydrogen-bond donors (Lipinski definition) is 2. The number of nitrogens with zero attached hydrogens (tertiary/aromatic N) is 2. The van der Waals surface area contributed by atoms with E-state index in [0.29, 0.717) is 13.1 Å². The van der Waals surface area contributed by atoms with Crippen molar-refractivity contribution >= 4 is 22.7 Å². The van der Waals surface area contributed by atoms with Crippen LogP contribution in [0.1, 0.15) is 17.7 Å². The highest BCUT2D eigenvalue weighted by atomic mass is 16.2. The first-order valence-electron chi connectivity index (χ1n) is 10.4.